The van der Waals surface area contributed by atoms with Crippen LogP contribution >= 0.6 is 0 Å². The lowest BCUT2D eigenvalue weighted by Gasteiger charge is -2.34. The molecule has 0 bridgehead atoms. The first-order valence-corrected chi connectivity index (χ1v) is 11.5. The van der Waals surface area contributed by atoms with E-state index in [1.807, 2.05) is 0 Å². The van der Waals surface area contributed by atoms with Crippen molar-refractivity contribution in [3.05, 3.63) is 35.9 Å². The highest BCUT2D eigenvalue weighted by Gasteiger charge is 2.30. The molecule has 1 nitrogen and oxygen atoms in total. The second kappa shape index (κ2) is 8.63. The van der Waals surface area contributed by atoms with Gasteiger partial charge in [-0.25, -0.2) is 0 Å². The highest BCUT2D eigenvalue weighted by atomic mass is 28.3. The lowest BCUT2D eigenvalue weighted by Crippen LogP contribution is -2.33. The number of hydrogen-bond donors (Lipinski definition) is 0. The Morgan fingerprint density at radius 1 is 1.15 bits per heavy atom. The Bertz CT molecular complexity index is 361. The maximum Gasteiger partial charge on any atom is 0.0502 e. The molecular formula is C18H33NSi. The summed E-state index contributed by atoms with van der Waals surface area (Å²) < 4.78 is 0. The van der Waals surface area contributed by atoms with Gasteiger partial charge in [0.05, 0.1) is 8.07 Å². The third-order valence-corrected chi connectivity index (χ3v) is 9.48. The third kappa shape index (κ3) is 6.23. The van der Waals surface area contributed by atoms with Crippen molar-refractivity contribution in [2.24, 2.45) is 0 Å². The molecule has 1 aliphatic rings. The lowest BCUT2D eigenvalue weighted by molar-refractivity contribution is 0.346. The molecule has 0 spiro atoms. The first-order chi connectivity index (χ1) is 9.45. The van der Waals surface area contributed by atoms with Gasteiger partial charge in [-0.15, -0.1) is 0 Å². The van der Waals surface area contributed by atoms with Crippen molar-refractivity contribution in [2.75, 3.05) is 13.6 Å². The molecule has 0 amide bonds. The summed E-state index contributed by atoms with van der Waals surface area (Å²) in [5, 5.41) is 0. The minimum atomic E-state index is -0.694. The van der Waals surface area contributed by atoms with Crippen LogP contribution in [0.4, 0.5) is 0 Å². The predicted molar refractivity (Wildman–Crippen MR) is 94.0 cm³/mol. The average Bonchev–Trinajstić information content (AvgIpc) is 2.44. The molecule has 1 aromatic rings. The van der Waals surface area contributed by atoms with Crippen LogP contribution < -0.4 is 0 Å². The van der Waals surface area contributed by atoms with Crippen LogP contribution in [0.5, 0.6) is 0 Å². The van der Waals surface area contributed by atoms with Crippen LogP contribution in [-0.2, 0) is 6.54 Å². The minimum absolute atomic E-state index is 0.694. The molecule has 1 heterocycles. The fourth-order valence-corrected chi connectivity index (χ4v) is 5.31. The van der Waals surface area contributed by atoms with Crippen molar-refractivity contribution in [2.45, 2.75) is 64.3 Å². The van der Waals surface area contributed by atoms with Gasteiger partial charge in [-0.3, -0.25) is 0 Å². The molecule has 2 heteroatoms. The molecule has 0 radical (unpaired) electrons. The monoisotopic (exact) mass is 291 g/mol. The predicted octanol–water partition coefficient (Wildman–Crippen LogP) is 5.41. The minimum Gasteiger partial charge on any atom is -0.302 e. The standard InChI is InChI=1S/C10H15N.C8H18Si/c1-3-11(2)9-10-7-5-4-6-8-10;1-8-6-4-5-7-9(8,2)3/h4-8H,3,9H2,1-2H3;8H,4-7H2,1-3H3. The van der Waals surface area contributed by atoms with E-state index in [-0.39, 0.29) is 0 Å². The van der Waals surface area contributed by atoms with E-state index in [1.165, 1.54) is 24.8 Å². The molecule has 20 heavy (non-hydrogen) atoms. The van der Waals surface area contributed by atoms with Gasteiger partial charge >= 0.3 is 0 Å². The molecular weight excluding hydrogens is 258 g/mol. The molecule has 1 fully saturated rings. The summed E-state index contributed by atoms with van der Waals surface area (Å²) in [6.07, 6.45) is 4.53. The van der Waals surface area contributed by atoms with Gasteiger partial charge in [-0.1, -0.05) is 82.6 Å². The zero-order valence-electron chi connectivity index (χ0n) is 14.2. The molecule has 0 N–H and O–H groups in total. The highest BCUT2D eigenvalue weighted by Crippen LogP contribution is 2.36. The van der Waals surface area contributed by atoms with E-state index < -0.39 is 8.07 Å². The third-order valence-electron chi connectivity index (χ3n) is 4.88. The van der Waals surface area contributed by atoms with Crippen LogP contribution in [0.15, 0.2) is 30.3 Å². The largest absolute Gasteiger partial charge is 0.302 e. The number of hydrogen-bond acceptors (Lipinski definition) is 1. The van der Waals surface area contributed by atoms with Gasteiger partial charge in [-0.2, -0.15) is 0 Å². The van der Waals surface area contributed by atoms with E-state index in [2.05, 4.69) is 69.2 Å². The molecule has 1 atom stereocenters. The van der Waals surface area contributed by atoms with Gasteiger partial charge in [0.15, 0.2) is 0 Å². The Hall–Kier alpha value is -0.603. The highest BCUT2D eigenvalue weighted by molar-refractivity contribution is 6.78. The smallest absolute Gasteiger partial charge is 0.0502 e. The van der Waals surface area contributed by atoms with E-state index >= 15 is 0 Å². The first kappa shape index (κ1) is 17.4. The summed E-state index contributed by atoms with van der Waals surface area (Å²) in [5.41, 5.74) is 2.48. The van der Waals surface area contributed by atoms with E-state index in [1.54, 1.807) is 6.04 Å². The van der Waals surface area contributed by atoms with Crippen molar-refractivity contribution in [3.63, 3.8) is 0 Å². The summed E-state index contributed by atoms with van der Waals surface area (Å²) in [7, 11) is 1.44. The quantitative estimate of drug-likeness (QED) is 0.673. The molecule has 1 aromatic carbocycles. The number of benzene rings is 1. The Morgan fingerprint density at radius 2 is 1.80 bits per heavy atom. The number of nitrogens with zero attached hydrogens (tertiary/aromatic N) is 1. The second-order valence-electron chi connectivity index (χ2n) is 6.95. The number of rotatable bonds is 3. The molecule has 114 valence electrons. The van der Waals surface area contributed by atoms with Crippen LogP contribution in [0.1, 0.15) is 38.7 Å². The van der Waals surface area contributed by atoms with Crippen molar-refractivity contribution >= 4 is 8.07 Å². The first-order valence-electron chi connectivity index (χ1n) is 8.18. The molecule has 0 aromatic heterocycles. The van der Waals surface area contributed by atoms with Crippen molar-refractivity contribution in [1.29, 1.82) is 0 Å². The maximum atomic E-state index is 2.54. The van der Waals surface area contributed by atoms with Crippen molar-refractivity contribution < 1.29 is 0 Å². The zero-order chi connectivity index (χ0) is 15.0. The van der Waals surface area contributed by atoms with E-state index in [0.29, 0.717) is 0 Å². The van der Waals surface area contributed by atoms with Gasteiger partial charge in [0.25, 0.3) is 0 Å². The van der Waals surface area contributed by atoms with Crippen LogP contribution in [0.3, 0.4) is 0 Å². The topological polar surface area (TPSA) is 3.24 Å². The summed E-state index contributed by atoms with van der Waals surface area (Å²) in [4.78, 5) is 2.29. The Morgan fingerprint density at radius 3 is 2.25 bits per heavy atom. The zero-order valence-corrected chi connectivity index (χ0v) is 15.2. The van der Waals surface area contributed by atoms with Gasteiger partial charge < -0.3 is 4.90 Å². The Kier molecular flexibility index (Phi) is 7.53. The van der Waals surface area contributed by atoms with Gasteiger partial charge in [0.1, 0.15) is 0 Å². The fraction of sp³-hybridized carbons (Fsp3) is 0.667. The molecule has 1 saturated heterocycles. The van der Waals surface area contributed by atoms with E-state index in [4.69, 9.17) is 0 Å². The van der Waals surface area contributed by atoms with Crippen LogP contribution in [0, 0.1) is 0 Å². The van der Waals surface area contributed by atoms with Crippen LogP contribution in [0.25, 0.3) is 0 Å². The van der Waals surface area contributed by atoms with Crippen LogP contribution in [-0.4, -0.2) is 26.6 Å². The molecule has 0 saturated carbocycles. The van der Waals surface area contributed by atoms with Gasteiger partial charge in [0.2, 0.25) is 0 Å². The Labute approximate surface area is 127 Å². The lowest BCUT2D eigenvalue weighted by atomic mass is 10.2. The van der Waals surface area contributed by atoms with E-state index in [9.17, 15) is 0 Å². The van der Waals surface area contributed by atoms with Crippen molar-refractivity contribution in [3.8, 4) is 0 Å². The molecule has 1 unspecified atom stereocenters. The van der Waals surface area contributed by atoms with Gasteiger partial charge in [0, 0.05) is 6.54 Å². The van der Waals surface area contributed by atoms with Gasteiger partial charge in [-0.05, 0) is 24.7 Å². The molecule has 0 aliphatic carbocycles. The molecule has 1 aliphatic heterocycles. The second-order valence-corrected chi connectivity index (χ2v) is 12.4. The summed E-state index contributed by atoms with van der Waals surface area (Å²) in [5.74, 6) is 0. The molecule has 2 rings (SSSR count). The summed E-state index contributed by atoms with van der Waals surface area (Å²) >= 11 is 0. The average molecular weight is 292 g/mol. The fourth-order valence-electron chi connectivity index (χ4n) is 2.68. The maximum absolute atomic E-state index is 2.54. The van der Waals surface area contributed by atoms with Crippen LogP contribution in [0.2, 0.25) is 24.7 Å². The van der Waals surface area contributed by atoms with E-state index in [0.717, 1.165) is 18.6 Å². The summed E-state index contributed by atoms with van der Waals surface area (Å²) in [6.45, 7) is 11.9. The van der Waals surface area contributed by atoms with Crippen molar-refractivity contribution in [1.82, 2.24) is 4.90 Å². The normalized spacial score (nSPS) is 21.2. The Balaban J connectivity index is 0.000000204. The SMILES string of the molecule is CC1CCCC[Si]1(C)C.CCN(C)Cc1ccccc1. The summed E-state index contributed by atoms with van der Waals surface area (Å²) in [6, 6.07) is 12.1.